The molecule has 0 aliphatic rings. The van der Waals surface area contributed by atoms with Gasteiger partial charge in [-0.1, -0.05) is 23.8 Å². The van der Waals surface area contributed by atoms with E-state index >= 15 is 0 Å². The average Bonchev–Trinajstić information content (AvgIpc) is 3.08. The van der Waals surface area contributed by atoms with Crippen LogP contribution in [0.15, 0.2) is 50.9 Å². The van der Waals surface area contributed by atoms with Gasteiger partial charge in [0.15, 0.2) is 0 Å². The second-order valence-corrected chi connectivity index (χ2v) is 9.20. The molecule has 1 heterocycles. The van der Waals surface area contributed by atoms with E-state index in [1.165, 1.54) is 16.5 Å². The van der Waals surface area contributed by atoms with Crippen LogP contribution >= 0.6 is 23.1 Å². The van der Waals surface area contributed by atoms with Gasteiger partial charge in [0, 0.05) is 30.2 Å². The molecule has 2 rings (SSSR count). The number of hydrogen-bond acceptors (Lipinski definition) is 5. The highest BCUT2D eigenvalue weighted by Gasteiger charge is 2.14. The number of benzene rings is 1. The van der Waals surface area contributed by atoms with Gasteiger partial charge >= 0.3 is 0 Å². The zero-order valence-electron chi connectivity index (χ0n) is 13.3. The number of carbonyl (C=O) groups excluding carboxylic acids is 1. The Morgan fingerprint density at radius 2 is 1.92 bits per heavy atom. The molecule has 5 nitrogen and oxygen atoms in total. The van der Waals surface area contributed by atoms with Gasteiger partial charge in [0.1, 0.15) is 4.21 Å². The maximum atomic E-state index is 11.9. The topological polar surface area (TPSA) is 75.3 Å². The van der Waals surface area contributed by atoms with E-state index in [0.29, 0.717) is 6.54 Å². The lowest BCUT2D eigenvalue weighted by Gasteiger charge is -2.07. The van der Waals surface area contributed by atoms with Gasteiger partial charge in [-0.2, -0.15) is 0 Å². The molecule has 2 N–H and O–H groups in total. The van der Waals surface area contributed by atoms with Crippen molar-refractivity contribution < 1.29 is 13.2 Å². The van der Waals surface area contributed by atoms with Crippen LogP contribution < -0.4 is 10.0 Å². The molecule has 0 saturated carbocycles. The van der Waals surface area contributed by atoms with Crippen LogP contribution in [-0.2, 0) is 14.8 Å². The summed E-state index contributed by atoms with van der Waals surface area (Å²) >= 11 is 2.82. The molecule has 1 amide bonds. The molecule has 0 spiro atoms. The van der Waals surface area contributed by atoms with E-state index in [4.69, 9.17) is 0 Å². The number of rotatable bonds is 9. The summed E-state index contributed by atoms with van der Waals surface area (Å²) in [7, 11) is -3.49. The fraction of sp³-hybridized carbons (Fsp3) is 0.312. The molecular formula is C16H20N2O3S3. The average molecular weight is 385 g/mol. The highest BCUT2D eigenvalue weighted by atomic mass is 32.2. The Bertz CT molecular complexity index is 741. The van der Waals surface area contributed by atoms with Crippen LogP contribution in [0.4, 0.5) is 0 Å². The van der Waals surface area contributed by atoms with Crippen LogP contribution in [0.5, 0.6) is 0 Å². The summed E-state index contributed by atoms with van der Waals surface area (Å²) in [5, 5.41) is 4.49. The van der Waals surface area contributed by atoms with Gasteiger partial charge in [0.2, 0.25) is 15.9 Å². The summed E-state index contributed by atoms with van der Waals surface area (Å²) in [5.74, 6) is 0.615. The Kier molecular flexibility index (Phi) is 7.29. The maximum Gasteiger partial charge on any atom is 0.250 e. The second kappa shape index (κ2) is 9.22. The Labute approximate surface area is 150 Å². The van der Waals surface area contributed by atoms with Crippen molar-refractivity contribution in [3.63, 3.8) is 0 Å². The number of aryl methyl sites for hydroxylation is 1. The van der Waals surface area contributed by atoms with Crippen molar-refractivity contribution in [2.45, 2.75) is 22.4 Å². The Hall–Kier alpha value is -1.35. The van der Waals surface area contributed by atoms with Crippen LogP contribution in [0.3, 0.4) is 0 Å². The van der Waals surface area contributed by atoms with Crippen molar-refractivity contribution in [3.8, 4) is 0 Å². The monoisotopic (exact) mass is 384 g/mol. The predicted octanol–water partition coefficient (Wildman–Crippen LogP) is 2.63. The van der Waals surface area contributed by atoms with Gasteiger partial charge in [-0.3, -0.25) is 4.79 Å². The number of nitrogens with one attached hydrogen (secondary N) is 2. The van der Waals surface area contributed by atoms with Crippen molar-refractivity contribution in [2.24, 2.45) is 0 Å². The molecule has 0 unspecified atom stereocenters. The normalized spacial score (nSPS) is 11.4. The third-order valence-electron chi connectivity index (χ3n) is 3.12. The molecule has 2 aromatic rings. The van der Waals surface area contributed by atoms with Crippen molar-refractivity contribution in [2.75, 3.05) is 18.8 Å². The zero-order valence-corrected chi connectivity index (χ0v) is 15.8. The van der Waals surface area contributed by atoms with Crippen LogP contribution in [0.1, 0.15) is 12.0 Å². The summed E-state index contributed by atoms with van der Waals surface area (Å²) in [6.45, 7) is 2.69. The largest absolute Gasteiger partial charge is 0.355 e. The third-order valence-corrected chi connectivity index (χ3v) is 6.99. The molecule has 0 aliphatic carbocycles. The minimum atomic E-state index is -3.49. The molecule has 0 saturated heterocycles. The van der Waals surface area contributed by atoms with Crippen molar-refractivity contribution in [1.29, 1.82) is 0 Å². The van der Waals surface area contributed by atoms with E-state index in [1.807, 2.05) is 6.92 Å². The number of thiophene rings is 1. The van der Waals surface area contributed by atoms with E-state index in [0.717, 1.165) is 17.1 Å². The standard InChI is InChI=1S/C16H20N2O3S3/c1-13-4-6-14(7-5-13)22-12-10-17-15(19)8-9-18-24(20,21)16-3-2-11-23-16/h2-7,11,18H,8-10,12H2,1H3,(H,17,19). The van der Waals surface area contributed by atoms with Gasteiger partial charge in [-0.25, -0.2) is 13.1 Å². The van der Waals surface area contributed by atoms with E-state index in [1.54, 1.807) is 23.2 Å². The van der Waals surface area contributed by atoms with Crippen molar-refractivity contribution in [1.82, 2.24) is 10.0 Å². The Morgan fingerprint density at radius 1 is 1.17 bits per heavy atom. The highest BCUT2D eigenvalue weighted by Crippen LogP contribution is 2.17. The van der Waals surface area contributed by atoms with E-state index in [-0.39, 0.29) is 23.1 Å². The lowest BCUT2D eigenvalue weighted by atomic mass is 10.2. The Balaban J connectivity index is 1.61. The van der Waals surface area contributed by atoms with Crippen LogP contribution in [0.25, 0.3) is 0 Å². The van der Waals surface area contributed by atoms with Gasteiger partial charge < -0.3 is 5.32 Å². The molecule has 0 atom stereocenters. The number of amides is 1. The maximum absolute atomic E-state index is 11.9. The molecule has 0 radical (unpaired) electrons. The smallest absolute Gasteiger partial charge is 0.250 e. The summed E-state index contributed by atoms with van der Waals surface area (Å²) in [5.41, 5.74) is 1.22. The first kappa shape index (κ1) is 19.0. The first-order valence-corrected chi connectivity index (χ1v) is 10.8. The minimum Gasteiger partial charge on any atom is -0.355 e. The summed E-state index contributed by atoms with van der Waals surface area (Å²) in [4.78, 5) is 12.9. The third kappa shape index (κ3) is 6.27. The molecule has 0 fully saturated rings. The summed E-state index contributed by atoms with van der Waals surface area (Å²) < 4.78 is 26.5. The van der Waals surface area contributed by atoms with Gasteiger partial charge in [-0.05, 0) is 30.5 Å². The second-order valence-electron chi connectivity index (χ2n) is 5.09. The van der Waals surface area contributed by atoms with Crippen molar-refractivity contribution >= 4 is 39.0 Å². The van der Waals surface area contributed by atoms with Crippen molar-refractivity contribution in [3.05, 3.63) is 47.3 Å². The fourth-order valence-electron chi connectivity index (χ4n) is 1.87. The van der Waals surface area contributed by atoms with Crippen LogP contribution in [-0.4, -0.2) is 33.2 Å². The summed E-state index contributed by atoms with van der Waals surface area (Å²) in [6.07, 6.45) is 0.125. The molecule has 1 aromatic heterocycles. The lowest BCUT2D eigenvalue weighted by molar-refractivity contribution is -0.120. The number of carbonyl (C=O) groups is 1. The lowest BCUT2D eigenvalue weighted by Crippen LogP contribution is -2.31. The van der Waals surface area contributed by atoms with Gasteiger partial charge in [-0.15, -0.1) is 23.1 Å². The number of hydrogen-bond donors (Lipinski definition) is 2. The first-order chi connectivity index (χ1) is 11.5. The SMILES string of the molecule is Cc1ccc(SCCNC(=O)CCNS(=O)(=O)c2cccs2)cc1. The number of thioether (sulfide) groups is 1. The van der Waals surface area contributed by atoms with Gasteiger partial charge in [0.05, 0.1) is 0 Å². The molecule has 0 bridgehead atoms. The zero-order chi connectivity index (χ0) is 17.4. The van der Waals surface area contributed by atoms with E-state index in [9.17, 15) is 13.2 Å². The number of sulfonamides is 1. The van der Waals surface area contributed by atoms with Crippen LogP contribution in [0, 0.1) is 6.92 Å². The molecule has 130 valence electrons. The minimum absolute atomic E-state index is 0.0944. The summed E-state index contributed by atoms with van der Waals surface area (Å²) in [6, 6.07) is 11.4. The quantitative estimate of drug-likeness (QED) is 0.515. The molecular weight excluding hydrogens is 364 g/mol. The molecule has 0 aliphatic heterocycles. The molecule has 8 heteroatoms. The predicted molar refractivity (Wildman–Crippen MR) is 99.0 cm³/mol. The first-order valence-electron chi connectivity index (χ1n) is 7.47. The fourth-order valence-corrected chi connectivity index (χ4v) is 4.71. The van der Waals surface area contributed by atoms with Gasteiger partial charge in [0.25, 0.3) is 0 Å². The highest BCUT2D eigenvalue weighted by molar-refractivity contribution is 7.99. The molecule has 24 heavy (non-hydrogen) atoms. The Morgan fingerprint density at radius 3 is 2.58 bits per heavy atom. The van der Waals surface area contributed by atoms with E-state index < -0.39 is 10.0 Å². The van der Waals surface area contributed by atoms with Crippen LogP contribution in [0.2, 0.25) is 0 Å². The molecule has 1 aromatic carbocycles. The van der Waals surface area contributed by atoms with E-state index in [2.05, 4.69) is 34.3 Å².